The van der Waals surface area contributed by atoms with Crippen molar-refractivity contribution in [1.29, 1.82) is 0 Å². The van der Waals surface area contributed by atoms with Gasteiger partial charge in [-0.2, -0.15) is 0 Å². The summed E-state index contributed by atoms with van der Waals surface area (Å²) in [5.74, 6) is 0.206. The number of hydrogen-bond donors (Lipinski definition) is 1. The Bertz CT molecular complexity index is 209. The van der Waals surface area contributed by atoms with E-state index in [1.165, 1.54) is 0 Å². The largest absolute Gasteiger partial charge is 0.381 e. The molecule has 1 fully saturated rings. The van der Waals surface area contributed by atoms with Crippen LogP contribution >= 0.6 is 0 Å². The zero-order valence-electron chi connectivity index (χ0n) is 9.95. The van der Waals surface area contributed by atoms with Crippen molar-refractivity contribution in [1.82, 2.24) is 10.2 Å². The maximum Gasteiger partial charge on any atom is 0.240 e. The Morgan fingerprint density at radius 2 is 2.13 bits per heavy atom. The minimum atomic E-state index is -0.0310. The van der Waals surface area contributed by atoms with Gasteiger partial charge in [-0.05, 0) is 26.7 Å². The first-order valence-corrected chi connectivity index (χ1v) is 5.81. The molecule has 0 aromatic heterocycles. The smallest absolute Gasteiger partial charge is 0.240 e. The van der Waals surface area contributed by atoms with Crippen molar-refractivity contribution in [3.05, 3.63) is 0 Å². The van der Waals surface area contributed by atoms with Gasteiger partial charge in [-0.25, -0.2) is 0 Å². The Labute approximate surface area is 92.0 Å². The first-order valence-electron chi connectivity index (χ1n) is 5.81. The van der Waals surface area contributed by atoms with Crippen LogP contribution in [0, 0.1) is 0 Å². The fourth-order valence-electron chi connectivity index (χ4n) is 1.85. The maximum atomic E-state index is 11.7. The van der Waals surface area contributed by atoms with Gasteiger partial charge >= 0.3 is 0 Å². The van der Waals surface area contributed by atoms with E-state index in [2.05, 4.69) is 12.2 Å². The quantitative estimate of drug-likeness (QED) is 0.670. The molecule has 1 rings (SSSR count). The lowest BCUT2D eigenvalue weighted by Crippen LogP contribution is -2.35. The molecule has 1 N–H and O–H groups in total. The van der Waals surface area contributed by atoms with Gasteiger partial charge < -0.3 is 9.64 Å². The zero-order chi connectivity index (χ0) is 11.3. The minimum Gasteiger partial charge on any atom is -0.381 e. The topological polar surface area (TPSA) is 41.6 Å². The summed E-state index contributed by atoms with van der Waals surface area (Å²) < 4.78 is 5.38. The van der Waals surface area contributed by atoms with Crippen molar-refractivity contribution in [2.75, 3.05) is 19.8 Å². The standard InChI is InChI=1S/C11H22N2O2/c1-4-7-15-8-5-6-13-10(3)12-9(2)11(13)14/h9-10,12H,4-8H2,1-3H3. The first kappa shape index (κ1) is 12.5. The summed E-state index contributed by atoms with van der Waals surface area (Å²) in [4.78, 5) is 13.5. The summed E-state index contributed by atoms with van der Waals surface area (Å²) in [6.45, 7) is 8.39. The Morgan fingerprint density at radius 1 is 1.40 bits per heavy atom. The summed E-state index contributed by atoms with van der Waals surface area (Å²) in [5.41, 5.74) is 0. The molecule has 0 aliphatic carbocycles. The van der Waals surface area contributed by atoms with Crippen molar-refractivity contribution in [3.8, 4) is 0 Å². The summed E-state index contributed by atoms with van der Waals surface area (Å²) in [7, 11) is 0. The molecule has 1 aliphatic rings. The van der Waals surface area contributed by atoms with Crippen LogP contribution in [0.5, 0.6) is 0 Å². The molecule has 1 heterocycles. The molecular formula is C11H22N2O2. The van der Waals surface area contributed by atoms with E-state index in [-0.39, 0.29) is 18.1 Å². The van der Waals surface area contributed by atoms with E-state index in [4.69, 9.17) is 4.74 Å². The average Bonchev–Trinajstić information content (AvgIpc) is 2.44. The normalized spacial score (nSPS) is 26.3. The third kappa shape index (κ3) is 3.47. The van der Waals surface area contributed by atoms with Crippen LogP contribution < -0.4 is 5.32 Å². The second-order valence-electron chi connectivity index (χ2n) is 4.06. The van der Waals surface area contributed by atoms with Crippen LogP contribution in [0.15, 0.2) is 0 Å². The number of ether oxygens (including phenoxy) is 1. The third-order valence-electron chi connectivity index (χ3n) is 2.65. The SMILES string of the molecule is CCCOCCCN1C(=O)C(C)NC1C. The highest BCUT2D eigenvalue weighted by Gasteiger charge is 2.32. The van der Waals surface area contributed by atoms with Crippen LogP contribution in [0.4, 0.5) is 0 Å². The molecule has 4 nitrogen and oxygen atoms in total. The van der Waals surface area contributed by atoms with Crippen molar-refractivity contribution >= 4 is 5.91 Å². The molecule has 1 saturated heterocycles. The summed E-state index contributed by atoms with van der Waals surface area (Å²) in [5, 5.41) is 3.20. The Balaban J connectivity index is 2.18. The fourth-order valence-corrected chi connectivity index (χ4v) is 1.85. The maximum absolute atomic E-state index is 11.7. The van der Waals surface area contributed by atoms with E-state index in [0.717, 1.165) is 32.6 Å². The van der Waals surface area contributed by atoms with Gasteiger partial charge in [-0.1, -0.05) is 6.92 Å². The van der Waals surface area contributed by atoms with Crippen molar-refractivity contribution in [2.24, 2.45) is 0 Å². The third-order valence-corrected chi connectivity index (χ3v) is 2.65. The molecule has 0 aromatic rings. The highest BCUT2D eigenvalue weighted by molar-refractivity contribution is 5.83. The van der Waals surface area contributed by atoms with Crippen LogP contribution in [0.1, 0.15) is 33.6 Å². The average molecular weight is 214 g/mol. The van der Waals surface area contributed by atoms with Gasteiger partial charge in [0.05, 0.1) is 12.2 Å². The molecule has 0 saturated carbocycles. The second-order valence-corrected chi connectivity index (χ2v) is 4.06. The lowest BCUT2D eigenvalue weighted by molar-refractivity contribution is -0.129. The van der Waals surface area contributed by atoms with Gasteiger partial charge in [-0.15, -0.1) is 0 Å². The van der Waals surface area contributed by atoms with E-state index < -0.39 is 0 Å². The van der Waals surface area contributed by atoms with Crippen LogP contribution in [-0.4, -0.2) is 42.8 Å². The number of nitrogens with zero attached hydrogens (tertiary/aromatic N) is 1. The van der Waals surface area contributed by atoms with Crippen LogP contribution in [-0.2, 0) is 9.53 Å². The molecule has 1 aliphatic heterocycles. The van der Waals surface area contributed by atoms with Crippen molar-refractivity contribution in [3.63, 3.8) is 0 Å². The second kappa shape index (κ2) is 6.08. The van der Waals surface area contributed by atoms with Crippen molar-refractivity contribution < 1.29 is 9.53 Å². The highest BCUT2D eigenvalue weighted by atomic mass is 16.5. The molecule has 88 valence electrons. The predicted molar refractivity (Wildman–Crippen MR) is 59.5 cm³/mol. The lowest BCUT2D eigenvalue weighted by atomic mass is 10.3. The first-order chi connectivity index (χ1) is 7.16. The van der Waals surface area contributed by atoms with E-state index in [1.807, 2.05) is 18.7 Å². The van der Waals surface area contributed by atoms with Gasteiger partial charge in [0, 0.05) is 19.8 Å². The molecule has 15 heavy (non-hydrogen) atoms. The molecule has 4 heteroatoms. The summed E-state index contributed by atoms with van der Waals surface area (Å²) >= 11 is 0. The minimum absolute atomic E-state index is 0.0310. The Morgan fingerprint density at radius 3 is 2.67 bits per heavy atom. The Hall–Kier alpha value is -0.610. The van der Waals surface area contributed by atoms with Gasteiger partial charge in [0.15, 0.2) is 0 Å². The van der Waals surface area contributed by atoms with E-state index in [9.17, 15) is 4.79 Å². The monoisotopic (exact) mass is 214 g/mol. The Kier molecular flexibility index (Phi) is 5.05. The van der Waals surface area contributed by atoms with Gasteiger partial charge in [0.25, 0.3) is 0 Å². The number of hydrogen-bond acceptors (Lipinski definition) is 3. The molecule has 1 amide bonds. The molecule has 0 spiro atoms. The van der Waals surface area contributed by atoms with Gasteiger partial charge in [-0.3, -0.25) is 10.1 Å². The number of rotatable bonds is 6. The van der Waals surface area contributed by atoms with E-state index >= 15 is 0 Å². The molecular weight excluding hydrogens is 192 g/mol. The van der Waals surface area contributed by atoms with Gasteiger partial charge in [0.2, 0.25) is 5.91 Å². The van der Waals surface area contributed by atoms with Gasteiger partial charge in [0.1, 0.15) is 0 Å². The van der Waals surface area contributed by atoms with Crippen LogP contribution in [0.2, 0.25) is 0 Å². The zero-order valence-corrected chi connectivity index (χ0v) is 9.95. The number of nitrogens with one attached hydrogen (secondary N) is 1. The van der Waals surface area contributed by atoms with Crippen LogP contribution in [0.25, 0.3) is 0 Å². The fraction of sp³-hybridized carbons (Fsp3) is 0.909. The van der Waals surface area contributed by atoms with Crippen molar-refractivity contribution in [2.45, 2.75) is 45.8 Å². The van der Waals surface area contributed by atoms with Crippen LogP contribution in [0.3, 0.4) is 0 Å². The highest BCUT2D eigenvalue weighted by Crippen LogP contribution is 2.10. The molecule has 2 atom stereocenters. The lowest BCUT2D eigenvalue weighted by Gasteiger charge is -2.20. The summed E-state index contributed by atoms with van der Waals surface area (Å²) in [6.07, 6.45) is 2.14. The van der Waals surface area contributed by atoms with E-state index in [1.54, 1.807) is 0 Å². The molecule has 0 radical (unpaired) electrons. The predicted octanol–water partition coefficient (Wildman–Crippen LogP) is 0.969. The number of amides is 1. The summed E-state index contributed by atoms with van der Waals surface area (Å²) in [6, 6.07) is -0.0310. The molecule has 0 aromatic carbocycles. The molecule has 2 unspecified atom stereocenters. The number of carbonyl (C=O) groups is 1. The number of carbonyl (C=O) groups excluding carboxylic acids is 1. The molecule has 0 bridgehead atoms. The van der Waals surface area contributed by atoms with E-state index in [0.29, 0.717) is 0 Å².